The van der Waals surface area contributed by atoms with Crippen LogP contribution < -0.4 is 0 Å². The summed E-state index contributed by atoms with van der Waals surface area (Å²) in [6, 6.07) is 0. The van der Waals surface area contributed by atoms with Crippen LogP contribution in [-0.4, -0.2) is 6.43 Å². The van der Waals surface area contributed by atoms with Crippen molar-refractivity contribution >= 4 is 0 Å². The average Bonchev–Trinajstić information content (AvgIpc) is 2.99. The second-order valence-corrected chi connectivity index (χ2v) is 5.75. The molecule has 2 saturated carbocycles. The van der Waals surface area contributed by atoms with Crippen molar-refractivity contribution in [2.75, 3.05) is 0 Å². The molecule has 2 rings (SSSR count). The van der Waals surface area contributed by atoms with Gasteiger partial charge in [-0.05, 0) is 55.3 Å². The molecular weight excluding hydrogens is 194 g/mol. The molecule has 2 aliphatic carbocycles. The van der Waals surface area contributed by atoms with E-state index in [-0.39, 0.29) is 11.8 Å². The fraction of sp³-hybridized carbons (Fsp3) is 1.00. The fourth-order valence-electron chi connectivity index (χ4n) is 3.57. The molecule has 0 amide bonds. The van der Waals surface area contributed by atoms with Gasteiger partial charge in [-0.25, -0.2) is 8.78 Å². The Morgan fingerprint density at radius 2 is 1.53 bits per heavy atom. The Balaban J connectivity index is 2.05. The molecule has 0 aromatic rings. The highest BCUT2D eigenvalue weighted by Gasteiger charge is 2.55. The van der Waals surface area contributed by atoms with Crippen molar-refractivity contribution in [1.82, 2.24) is 0 Å². The number of hydrogen-bond donors (Lipinski definition) is 0. The minimum atomic E-state index is -2.11. The summed E-state index contributed by atoms with van der Waals surface area (Å²) < 4.78 is 24.8. The van der Waals surface area contributed by atoms with Crippen LogP contribution in [0.1, 0.15) is 52.4 Å². The van der Waals surface area contributed by atoms with Crippen LogP contribution in [0.25, 0.3) is 0 Å². The predicted molar refractivity (Wildman–Crippen MR) is 58.0 cm³/mol. The molecule has 0 saturated heterocycles. The van der Waals surface area contributed by atoms with E-state index in [4.69, 9.17) is 0 Å². The Morgan fingerprint density at radius 3 is 1.80 bits per heavy atom. The molecule has 2 heteroatoms. The minimum absolute atomic E-state index is 0.116. The average molecular weight is 216 g/mol. The molecule has 2 fully saturated rings. The second kappa shape index (κ2) is 4.03. The van der Waals surface area contributed by atoms with E-state index in [0.29, 0.717) is 5.92 Å². The number of rotatable bonds is 6. The number of hydrogen-bond acceptors (Lipinski definition) is 0. The first-order valence-corrected chi connectivity index (χ1v) is 6.35. The second-order valence-electron chi connectivity index (χ2n) is 5.75. The standard InChI is InChI=1S/C13H22F2/c1-9(2)13(10-3-4-10,11-5-6-11)8-7-12(14)15/h9-12H,3-8H2,1-2H3. The normalized spacial score (nSPS) is 22.8. The van der Waals surface area contributed by atoms with Crippen molar-refractivity contribution < 1.29 is 8.78 Å². The summed E-state index contributed by atoms with van der Waals surface area (Å²) in [4.78, 5) is 0. The molecule has 0 aromatic carbocycles. The smallest absolute Gasteiger partial charge is 0.211 e. The SMILES string of the molecule is CC(C)C(CCC(F)F)(C1CC1)C1CC1. The number of alkyl halides is 2. The van der Waals surface area contributed by atoms with Gasteiger partial charge < -0.3 is 0 Å². The van der Waals surface area contributed by atoms with E-state index in [1.165, 1.54) is 25.7 Å². The van der Waals surface area contributed by atoms with Crippen LogP contribution in [0.3, 0.4) is 0 Å². The third-order valence-electron chi connectivity index (χ3n) is 4.55. The molecule has 0 heterocycles. The number of halogens is 2. The maximum atomic E-state index is 12.4. The summed E-state index contributed by atoms with van der Waals surface area (Å²) in [5, 5.41) is 0. The van der Waals surface area contributed by atoms with E-state index in [1.807, 2.05) is 0 Å². The molecule has 0 aromatic heterocycles. The fourth-order valence-corrected chi connectivity index (χ4v) is 3.57. The molecule has 0 nitrogen and oxygen atoms in total. The van der Waals surface area contributed by atoms with Gasteiger partial charge in [0, 0.05) is 6.42 Å². The van der Waals surface area contributed by atoms with Crippen molar-refractivity contribution in [3.63, 3.8) is 0 Å². The first-order chi connectivity index (χ1) is 7.07. The van der Waals surface area contributed by atoms with E-state index in [2.05, 4.69) is 13.8 Å². The Labute approximate surface area is 91.4 Å². The predicted octanol–water partition coefficient (Wildman–Crippen LogP) is 4.49. The summed E-state index contributed by atoms with van der Waals surface area (Å²) in [6.45, 7) is 4.48. The van der Waals surface area contributed by atoms with Gasteiger partial charge in [0.1, 0.15) is 0 Å². The van der Waals surface area contributed by atoms with E-state index in [1.54, 1.807) is 0 Å². The van der Waals surface area contributed by atoms with Crippen molar-refractivity contribution in [3.05, 3.63) is 0 Å². The van der Waals surface area contributed by atoms with Crippen LogP contribution in [0.15, 0.2) is 0 Å². The molecule has 0 spiro atoms. The molecule has 88 valence electrons. The van der Waals surface area contributed by atoms with Gasteiger partial charge in [0.25, 0.3) is 0 Å². The highest BCUT2D eigenvalue weighted by Crippen LogP contribution is 2.63. The first kappa shape index (κ1) is 11.3. The third kappa shape index (κ3) is 2.19. The Bertz CT molecular complexity index is 197. The van der Waals surface area contributed by atoms with Crippen LogP contribution in [0.4, 0.5) is 8.78 Å². The van der Waals surface area contributed by atoms with Crippen molar-refractivity contribution in [2.45, 2.75) is 58.8 Å². The molecule has 0 aliphatic heterocycles. The van der Waals surface area contributed by atoms with Gasteiger partial charge >= 0.3 is 0 Å². The lowest BCUT2D eigenvalue weighted by Gasteiger charge is -2.39. The lowest BCUT2D eigenvalue weighted by atomic mass is 9.66. The van der Waals surface area contributed by atoms with Crippen LogP contribution >= 0.6 is 0 Å². The highest BCUT2D eigenvalue weighted by molar-refractivity contribution is 5.04. The van der Waals surface area contributed by atoms with E-state index in [9.17, 15) is 8.78 Å². The molecule has 0 atom stereocenters. The Hall–Kier alpha value is -0.140. The van der Waals surface area contributed by atoms with Gasteiger partial charge in [-0.15, -0.1) is 0 Å². The third-order valence-corrected chi connectivity index (χ3v) is 4.55. The van der Waals surface area contributed by atoms with Gasteiger partial charge in [0.2, 0.25) is 6.43 Å². The maximum absolute atomic E-state index is 12.4. The first-order valence-electron chi connectivity index (χ1n) is 6.35. The van der Waals surface area contributed by atoms with Gasteiger partial charge in [0.05, 0.1) is 0 Å². The topological polar surface area (TPSA) is 0 Å². The van der Waals surface area contributed by atoms with Crippen LogP contribution in [-0.2, 0) is 0 Å². The summed E-state index contributed by atoms with van der Waals surface area (Å²) >= 11 is 0. The molecular formula is C13H22F2. The van der Waals surface area contributed by atoms with Gasteiger partial charge in [-0.3, -0.25) is 0 Å². The van der Waals surface area contributed by atoms with Crippen LogP contribution in [0, 0.1) is 23.2 Å². The quantitative estimate of drug-likeness (QED) is 0.613. The zero-order chi connectivity index (χ0) is 11.1. The highest BCUT2D eigenvalue weighted by atomic mass is 19.3. The van der Waals surface area contributed by atoms with Gasteiger partial charge in [-0.2, -0.15) is 0 Å². The summed E-state index contributed by atoms with van der Waals surface area (Å²) in [5.74, 6) is 2.11. The minimum Gasteiger partial charge on any atom is -0.211 e. The molecule has 0 N–H and O–H groups in total. The zero-order valence-corrected chi connectivity index (χ0v) is 9.81. The summed E-state index contributed by atoms with van der Waals surface area (Å²) in [5.41, 5.74) is 0.274. The molecule has 0 bridgehead atoms. The summed E-state index contributed by atoms with van der Waals surface area (Å²) in [7, 11) is 0. The zero-order valence-electron chi connectivity index (χ0n) is 9.81. The lowest BCUT2D eigenvalue weighted by Crippen LogP contribution is -2.33. The van der Waals surface area contributed by atoms with Crippen LogP contribution in [0.2, 0.25) is 0 Å². The lowest BCUT2D eigenvalue weighted by molar-refractivity contribution is 0.0551. The van der Waals surface area contributed by atoms with Crippen molar-refractivity contribution in [1.29, 1.82) is 0 Å². The van der Waals surface area contributed by atoms with Crippen molar-refractivity contribution in [3.8, 4) is 0 Å². The van der Waals surface area contributed by atoms with Crippen LogP contribution in [0.5, 0.6) is 0 Å². The van der Waals surface area contributed by atoms with Crippen molar-refractivity contribution in [2.24, 2.45) is 23.2 Å². The Morgan fingerprint density at radius 1 is 1.07 bits per heavy atom. The largest absolute Gasteiger partial charge is 0.238 e. The van der Waals surface area contributed by atoms with E-state index < -0.39 is 6.43 Å². The summed E-state index contributed by atoms with van der Waals surface area (Å²) in [6.07, 6.45) is 3.93. The van der Waals surface area contributed by atoms with Gasteiger partial charge in [-0.1, -0.05) is 13.8 Å². The molecule has 15 heavy (non-hydrogen) atoms. The molecule has 0 radical (unpaired) electrons. The van der Waals surface area contributed by atoms with E-state index >= 15 is 0 Å². The maximum Gasteiger partial charge on any atom is 0.238 e. The molecule has 0 unspecified atom stereocenters. The Kier molecular flexibility index (Phi) is 3.05. The monoisotopic (exact) mass is 216 g/mol. The molecule has 2 aliphatic rings. The van der Waals surface area contributed by atoms with E-state index in [0.717, 1.165) is 18.3 Å². The van der Waals surface area contributed by atoms with Gasteiger partial charge in [0.15, 0.2) is 0 Å².